The predicted octanol–water partition coefficient (Wildman–Crippen LogP) is 5.25. The van der Waals surface area contributed by atoms with E-state index in [1.165, 1.54) is 38.2 Å². The molecule has 3 aromatic rings. The molecule has 3 N–H and O–H groups in total. The Hall–Kier alpha value is -3.52. The number of para-hydroxylation sites is 1. The number of hydrogen-bond donors (Lipinski definition) is 3. The number of phenolic OH excluding ortho intramolecular Hbond substituents is 1. The Bertz CT molecular complexity index is 1200. The number of aromatic nitrogens is 1. The lowest BCUT2D eigenvalue weighted by atomic mass is 9.91. The van der Waals surface area contributed by atoms with Crippen LogP contribution < -0.4 is 15.4 Å². The van der Waals surface area contributed by atoms with Gasteiger partial charge in [-0.1, -0.05) is 43.5 Å². The summed E-state index contributed by atoms with van der Waals surface area (Å²) in [5, 5.41) is 16.3. The van der Waals surface area contributed by atoms with Crippen molar-refractivity contribution >= 4 is 23.6 Å². The Kier molecular flexibility index (Phi) is 10.7. The molecule has 0 spiro atoms. The molecule has 0 aliphatic heterocycles. The molecule has 39 heavy (non-hydrogen) atoms. The molecule has 2 unspecified atom stereocenters. The molecule has 4 rings (SSSR count). The van der Waals surface area contributed by atoms with Gasteiger partial charge in [0, 0.05) is 29.8 Å². The highest BCUT2D eigenvalue weighted by molar-refractivity contribution is 7.99. The Morgan fingerprint density at radius 1 is 1.00 bits per heavy atom. The first-order chi connectivity index (χ1) is 19.0. The maximum Gasteiger partial charge on any atom is 0.255 e. The van der Waals surface area contributed by atoms with Gasteiger partial charge in [-0.15, -0.1) is 0 Å². The summed E-state index contributed by atoms with van der Waals surface area (Å²) in [5.74, 6) is 1.80. The van der Waals surface area contributed by atoms with Gasteiger partial charge in [0.2, 0.25) is 0 Å². The van der Waals surface area contributed by atoms with E-state index >= 15 is 0 Å². The fourth-order valence-electron chi connectivity index (χ4n) is 4.92. The molecule has 2 amide bonds. The standard InChI is InChI=1S/C31H37N3O4S/c1-38-25-13-11-22(12-14-25)19-29(39-21-23-7-3-2-4-8-23)27(34-30(36)24-15-17-32-18-16-24)20-33-31(37)26-9-5-6-10-28(26)35/h5-6,9-18,23,27,29,35H,2-4,7-8,19-21H2,1H3,(H,33,37)(H,34,36). The second-order valence-electron chi connectivity index (χ2n) is 9.97. The maximum absolute atomic E-state index is 13.3. The number of pyridine rings is 1. The Balaban J connectivity index is 1.56. The van der Waals surface area contributed by atoms with Crippen LogP contribution in [0.1, 0.15) is 58.4 Å². The third-order valence-electron chi connectivity index (χ3n) is 7.21. The van der Waals surface area contributed by atoms with Gasteiger partial charge in [-0.3, -0.25) is 14.6 Å². The van der Waals surface area contributed by atoms with Crippen LogP contribution in [0, 0.1) is 5.92 Å². The smallest absolute Gasteiger partial charge is 0.255 e. The van der Waals surface area contributed by atoms with Crippen LogP contribution in [-0.4, -0.2) is 52.6 Å². The number of phenols is 1. The number of benzene rings is 2. The molecule has 1 saturated carbocycles. The van der Waals surface area contributed by atoms with Crippen molar-refractivity contribution in [2.45, 2.75) is 49.8 Å². The molecule has 1 aliphatic carbocycles. The zero-order valence-corrected chi connectivity index (χ0v) is 23.2. The summed E-state index contributed by atoms with van der Waals surface area (Å²) in [4.78, 5) is 30.2. The maximum atomic E-state index is 13.3. The minimum atomic E-state index is -0.378. The van der Waals surface area contributed by atoms with Crippen LogP contribution in [-0.2, 0) is 6.42 Å². The number of hydrogen-bond acceptors (Lipinski definition) is 6. The van der Waals surface area contributed by atoms with E-state index in [1.54, 1.807) is 49.8 Å². The number of amides is 2. The largest absolute Gasteiger partial charge is 0.507 e. The van der Waals surface area contributed by atoms with Crippen molar-refractivity contribution in [2.24, 2.45) is 5.92 Å². The van der Waals surface area contributed by atoms with Crippen LogP contribution in [0.15, 0.2) is 73.1 Å². The minimum absolute atomic E-state index is 0.00998. The fraction of sp³-hybridized carbons (Fsp3) is 0.387. The van der Waals surface area contributed by atoms with Gasteiger partial charge in [0.1, 0.15) is 11.5 Å². The van der Waals surface area contributed by atoms with Gasteiger partial charge in [0.05, 0.1) is 18.7 Å². The van der Waals surface area contributed by atoms with Crippen LogP contribution in [0.2, 0.25) is 0 Å². The molecule has 1 heterocycles. The number of nitrogens with zero attached hydrogens (tertiary/aromatic N) is 1. The lowest BCUT2D eigenvalue weighted by Gasteiger charge is -2.30. The van der Waals surface area contributed by atoms with Gasteiger partial charge in [-0.2, -0.15) is 11.8 Å². The lowest BCUT2D eigenvalue weighted by Crippen LogP contribution is -2.50. The second-order valence-corrected chi connectivity index (χ2v) is 11.2. The van der Waals surface area contributed by atoms with E-state index < -0.39 is 0 Å². The van der Waals surface area contributed by atoms with E-state index in [4.69, 9.17) is 4.74 Å². The van der Waals surface area contributed by atoms with Gasteiger partial charge in [0.25, 0.3) is 11.8 Å². The Labute approximate surface area is 234 Å². The molecule has 1 aliphatic rings. The fourth-order valence-corrected chi connectivity index (χ4v) is 6.48. The number of rotatable bonds is 12. The summed E-state index contributed by atoms with van der Waals surface area (Å²) < 4.78 is 5.33. The molecule has 0 saturated heterocycles. The zero-order chi connectivity index (χ0) is 27.5. The number of carbonyl (C=O) groups is 2. The zero-order valence-electron chi connectivity index (χ0n) is 22.3. The third kappa shape index (κ3) is 8.48. The number of carbonyl (C=O) groups excluding carboxylic acids is 2. The van der Waals surface area contributed by atoms with E-state index in [1.807, 2.05) is 23.9 Å². The van der Waals surface area contributed by atoms with Crippen molar-refractivity contribution in [3.8, 4) is 11.5 Å². The summed E-state index contributed by atoms with van der Waals surface area (Å²) in [6.45, 7) is 0.225. The van der Waals surface area contributed by atoms with E-state index in [0.29, 0.717) is 11.5 Å². The van der Waals surface area contributed by atoms with Crippen LogP contribution in [0.25, 0.3) is 0 Å². The van der Waals surface area contributed by atoms with E-state index in [0.717, 1.165) is 23.5 Å². The van der Waals surface area contributed by atoms with Gasteiger partial charge in [0.15, 0.2) is 0 Å². The average Bonchev–Trinajstić information content (AvgIpc) is 2.98. The Morgan fingerprint density at radius 3 is 2.41 bits per heavy atom. The molecule has 0 bridgehead atoms. The molecular formula is C31H37N3O4S. The number of methoxy groups -OCH3 is 1. The molecule has 8 heteroatoms. The lowest BCUT2D eigenvalue weighted by molar-refractivity contribution is 0.0906. The summed E-state index contributed by atoms with van der Waals surface area (Å²) in [6, 6.07) is 17.5. The number of thioether (sulfide) groups is 1. The minimum Gasteiger partial charge on any atom is -0.507 e. The first kappa shape index (κ1) is 28.5. The number of aromatic hydroxyl groups is 1. The summed E-state index contributed by atoms with van der Waals surface area (Å²) in [6.07, 6.45) is 10.2. The van der Waals surface area contributed by atoms with Crippen molar-refractivity contribution in [3.63, 3.8) is 0 Å². The third-order valence-corrected chi connectivity index (χ3v) is 8.79. The van der Waals surface area contributed by atoms with Crippen molar-refractivity contribution in [1.29, 1.82) is 0 Å². The van der Waals surface area contributed by atoms with Gasteiger partial charge in [-0.25, -0.2) is 0 Å². The second kappa shape index (κ2) is 14.6. The molecule has 206 valence electrons. The Morgan fingerprint density at radius 2 is 1.72 bits per heavy atom. The number of ether oxygens (including phenoxy) is 1. The topological polar surface area (TPSA) is 101 Å². The highest BCUT2D eigenvalue weighted by Crippen LogP contribution is 2.31. The molecular weight excluding hydrogens is 510 g/mol. The molecule has 1 fully saturated rings. The quantitative estimate of drug-likeness (QED) is 0.286. The van der Waals surface area contributed by atoms with Crippen molar-refractivity contribution in [1.82, 2.24) is 15.6 Å². The van der Waals surface area contributed by atoms with Crippen LogP contribution >= 0.6 is 11.8 Å². The normalized spacial score (nSPS) is 15.2. The SMILES string of the molecule is COc1ccc(CC(SCC2CCCCC2)C(CNC(=O)c2ccccc2O)NC(=O)c2ccncc2)cc1. The first-order valence-corrected chi connectivity index (χ1v) is 14.6. The first-order valence-electron chi connectivity index (χ1n) is 13.5. The van der Waals surface area contributed by atoms with Gasteiger partial charge in [-0.05, 0) is 72.9 Å². The summed E-state index contributed by atoms with van der Waals surface area (Å²) >= 11 is 1.87. The van der Waals surface area contributed by atoms with E-state index in [9.17, 15) is 14.7 Å². The summed E-state index contributed by atoms with van der Waals surface area (Å²) in [7, 11) is 1.65. The summed E-state index contributed by atoms with van der Waals surface area (Å²) in [5.41, 5.74) is 1.85. The van der Waals surface area contributed by atoms with E-state index in [-0.39, 0.29) is 41.0 Å². The van der Waals surface area contributed by atoms with Crippen LogP contribution in [0.3, 0.4) is 0 Å². The molecule has 1 aromatic heterocycles. The van der Waals surface area contributed by atoms with Crippen LogP contribution in [0.4, 0.5) is 0 Å². The van der Waals surface area contributed by atoms with Crippen LogP contribution in [0.5, 0.6) is 11.5 Å². The monoisotopic (exact) mass is 547 g/mol. The highest BCUT2D eigenvalue weighted by atomic mass is 32.2. The molecule has 0 radical (unpaired) electrons. The van der Waals surface area contributed by atoms with E-state index in [2.05, 4.69) is 27.8 Å². The molecule has 2 aromatic carbocycles. The molecule has 2 atom stereocenters. The molecule has 7 nitrogen and oxygen atoms in total. The number of nitrogens with one attached hydrogen (secondary N) is 2. The van der Waals surface area contributed by atoms with Gasteiger partial charge < -0.3 is 20.5 Å². The van der Waals surface area contributed by atoms with Crippen molar-refractivity contribution in [3.05, 3.63) is 89.7 Å². The van der Waals surface area contributed by atoms with Crippen molar-refractivity contribution in [2.75, 3.05) is 19.4 Å². The highest BCUT2D eigenvalue weighted by Gasteiger charge is 2.27. The average molecular weight is 548 g/mol. The van der Waals surface area contributed by atoms with Crippen molar-refractivity contribution < 1.29 is 19.4 Å². The predicted molar refractivity (Wildman–Crippen MR) is 155 cm³/mol. The van der Waals surface area contributed by atoms with Gasteiger partial charge >= 0.3 is 0 Å².